The summed E-state index contributed by atoms with van der Waals surface area (Å²) in [6, 6.07) is 0. The van der Waals surface area contributed by atoms with Gasteiger partial charge in [0.05, 0.1) is 0 Å². The van der Waals surface area contributed by atoms with Crippen molar-refractivity contribution in [1.29, 1.82) is 0 Å². The van der Waals surface area contributed by atoms with Gasteiger partial charge >= 0.3 is 0 Å². The van der Waals surface area contributed by atoms with E-state index in [1.165, 1.54) is 0 Å². The summed E-state index contributed by atoms with van der Waals surface area (Å²) in [5, 5.41) is 7.83. The monoisotopic (exact) mass is 294 g/mol. The van der Waals surface area contributed by atoms with Gasteiger partial charge in [0.25, 0.3) is 5.91 Å². The number of piperazine rings is 1. The van der Waals surface area contributed by atoms with Crippen molar-refractivity contribution in [3.8, 4) is 0 Å². The van der Waals surface area contributed by atoms with Crippen LogP contribution in [0.5, 0.6) is 0 Å². The smallest absolute Gasteiger partial charge is 0.251 e. The van der Waals surface area contributed by atoms with Crippen LogP contribution in [0.15, 0.2) is 4.42 Å². The number of carbonyl (C=O) groups excluding carboxylic acids is 1. The van der Waals surface area contributed by atoms with Crippen molar-refractivity contribution in [2.45, 2.75) is 32.3 Å². The normalized spacial score (nSPS) is 23.7. The van der Waals surface area contributed by atoms with E-state index in [4.69, 9.17) is 9.15 Å². The molecule has 1 aromatic heterocycles. The molecule has 0 bridgehead atoms. The number of aromatic nitrogens is 2. The molecule has 0 N–H and O–H groups in total. The van der Waals surface area contributed by atoms with E-state index >= 15 is 0 Å². The number of hydrogen-bond acceptors (Lipinski definition) is 6. The van der Waals surface area contributed by atoms with Crippen molar-refractivity contribution in [2.24, 2.45) is 0 Å². The Kier molecular flexibility index (Phi) is 4.50. The zero-order chi connectivity index (χ0) is 14.7. The van der Waals surface area contributed by atoms with Crippen molar-refractivity contribution in [3.05, 3.63) is 11.8 Å². The maximum atomic E-state index is 12.2. The average Bonchev–Trinajstić information content (AvgIpc) is 3.16. The van der Waals surface area contributed by atoms with Crippen LogP contribution in [0, 0.1) is 6.92 Å². The van der Waals surface area contributed by atoms with Gasteiger partial charge in [-0.3, -0.25) is 9.69 Å². The Labute approximate surface area is 124 Å². The summed E-state index contributed by atoms with van der Waals surface area (Å²) in [5.74, 6) is 1.46. The molecule has 2 saturated heterocycles. The van der Waals surface area contributed by atoms with E-state index in [2.05, 4.69) is 15.1 Å². The highest BCUT2D eigenvalue weighted by atomic mass is 16.5. The molecule has 1 atom stereocenters. The third kappa shape index (κ3) is 3.59. The van der Waals surface area contributed by atoms with Crippen LogP contribution in [0.3, 0.4) is 0 Å². The molecule has 0 spiro atoms. The number of amides is 1. The molecular formula is C14H22N4O3. The quantitative estimate of drug-likeness (QED) is 0.792. The lowest BCUT2D eigenvalue weighted by atomic mass is 10.2. The first-order valence-electron chi connectivity index (χ1n) is 7.64. The highest BCUT2D eigenvalue weighted by Gasteiger charge is 2.30. The van der Waals surface area contributed by atoms with E-state index in [1.54, 1.807) is 6.92 Å². The third-order valence-corrected chi connectivity index (χ3v) is 4.10. The lowest BCUT2D eigenvalue weighted by Gasteiger charge is -2.35. The molecule has 3 heterocycles. The molecule has 3 rings (SSSR count). The van der Waals surface area contributed by atoms with Gasteiger partial charge in [0.2, 0.25) is 11.8 Å². The van der Waals surface area contributed by atoms with Gasteiger partial charge in [0.15, 0.2) is 0 Å². The van der Waals surface area contributed by atoms with Crippen LogP contribution in [-0.2, 0) is 16.0 Å². The summed E-state index contributed by atoms with van der Waals surface area (Å²) in [4.78, 5) is 16.5. The molecule has 1 aromatic rings. The van der Waals surface area contributed by atoms with Crippen LogP contribution in [0.25, 0.3) is 0 Å². The summed E-state index contributed by atoms with van der Waals surface area (Å²) in [7, 11) is 0. The predicted molar refractivity (Wildman–Crippen MR) is 74.7 cm³/mol. The van der Waals surface area contributed by atoms with Gasteiger partial charge in [-0.2, -0.15) is 0 Å². The Morgan fingerprint density at radius 1 is 1.29 bits per heavy atom. The maximum Gasteiger partial charge on any atom is 0.251 e. The molecule has 0 saturated carbocycles. The van der Waals surface area contributed by atoms with E-state index < -0.39 is 0 Å². The minimum absolute atomic E-state index is 0.166. The van der Waals surface area contributed by atoms with E-state index in [0.29, 0.717) is 11.8 Å². The number of hydrogen-bond donors (Lipinski definition) is 0. The fourth-order valence-corrected chi connectivity index (χ4v) is 2.86. The Hall–Kier alpha value is -1.47. The second-order valence-corrected chi connectivity index (χ2v) is 5.63. The SMILES string of the molecule is Cc1nnc(CCN2CCN(C(=O)C3CCCO3)CC2)o1. The number of aryl methyl sites for hydroxylation is 1. The summed E-state index contributed by atoms with van der Waals surface area (Å²) in [6.07, 6.45) is 2.44. The molecule has 1 unspecified atom stereocenters. The van der Waals surface area contributed by atoms with E-state index in [0.717, 1.165) is 58.6 Å². The van der Waals surface area contributed by atoms with Crippen molar-refractivity contribution < 1.29 is 13.9 Å². The Morgan fingerprint density at radius 2 is 2.10 bits per heavy atom. The van der Waals surface area contributed by atoms with Crippen LogP contribution in [0.2, 0.25) is 0 Å². The topological polar surface area (TPSA) is 71.7 Å². The van der Waals surface area contributed by atoms with Gasteiger partial charge in [-0.1, -0.05) is 0 Å². The van der Waals surface area contributed by atoms with Crippen LogP contribution >= 0.6 is 0 Å². The molecular weight excluding hydrogens is 272 g/mol. The van der Waals surface area contributed by atoms with Crippen LogP contribution < -0.4 is 0 Å². The summed E-state index contributed by atoms with van der Waals surface area (Å²) in [5.41, 5.74) is 0. The third-order valence-electron chi connectivity index (χ3n) is 4.10. The van der Waals surface area contributed by atoms with Gasteiger partial charge in [0, 0.05) is 52.7 Å². The molecule has 2 fully saturated rings. The zero-order valence-electron chi connectivity index (χ0n) is 12.5. The van der Waals surface area contributed by atoms with Gasteiger partial charge in [-0.25, -0.2) is 0 Å². The second-order valence-electron chi connectivity index (χ2n) is 5.63. The van der Waals surface area contributed by atoms with E-state index in [1.807, 2.05) is 4.90 Å². The number of nitrogens with zero attached hydrogens (tertiary/aromatic N) is 4. The lowest BCUT2D eigenvalue weighted by molar-refractivity contribution is -0.142. The summed E-state index contributed by atoms with van der Waals surface area (Å²) in [6.45, 7) is 6.76. The molecule has 0 aliphatic carbocycles. The largest absolute Gasteiger partial charge is 0.426 e. The Bertz CT molecular complexity index is 476. The van der Waals surface area contributed by atoms with Crippen molar-refractivity contribution in [2.75, 3.05) is 39.3 Å². The van der Waals surface area contributed by atoms with Crippen molar-refractivity contribution in [3.63, 3.8) is 0 Å². The van der Waals surface area contributed by atoms with Gasteiger partial charge in [0.1, 0.15) is 6.10 Å². The fourth-order valence-electron chi connectivity index (χ4n) is 2.86. The van der Waals surface area contributed by atoms with Gasteiger partial charge in [-0.05, 0) is 12.8 Å². The Balaban J connectivity index is 1.41. The predicted octanol–water partition coefficient (Wildman–Crippen LogP) is 0.244. The highest BCUT2D eigenvalue weighted by molar-refractivity contribution is 5.81. The maximum absolute atomic E-state index is 12.2. The van der Waals surface area contributed by atoms with Crippen LogP contribution in [-0.4, -0.2) is 71.3 Å². The molecule has 7 nitrogen and oxygen atoms in total. The van der Waals surface area contributed by atoms with E-state index in [-0.39, 0.29) is 12.0 Å². The molecule has 116 valence electrons. The van der Waals surface area contributed by atoms with Crippen molar-refractivity contribution in [1.82, 2.24) is 20.0 Å². The van der Waals surface area contributed by atoms with Crippen LogP contribution in [0.1, 0.15) is 24.6 Å². The number of carbonyl (C=O) groups is 1. The first-order valence-corrected chi connectivity index (χ1v) is 7.64. The minimum atomic E-state index is -0.196. The van der Waals surface area contributed by atoms with Gasteiger partial charge < -0.3 is 14.1 Å². The molecule has 7 heteroatoms. The molecule has 1 amide bonds. The lowest BCUT2D eigenvalue weighted by Crippen LogP contribution is -2.51. The van der Waals surface area contributed by atoms with Gasteiger partial charge in [-0.15, -0.1) is 10.2 Å². The molecule has 2 aliphatic rings. The van der Waals surface area contributed by atoms with E-state index in [9.17, 15) is 4.79 Å². The molecule has 21 heavy (non-hydrogen) atoms. The highest BCUT2D eigenvalue weighted by Crippen LogP contribution is 2.16. The number of rotatable bonds is 4. The fraction of sp³-hybridized carbons (Fsp3) is 0.786. The number of ether oxygens (including phenoxy) is 1. The molecule has 0 aromatic carbocycles. The standard InChI is InChI=1S/C14H22N4O3/c1-11-15-16-13(21-11)4-5-17-6-8-18(9-7-17)14(19)12-3-2-10-20-12/h12H,2-10H2,1H3. The molecule has 2 aliphatic heterocycles. The van der Waals surface area contributed by atoms with Crippen molar-refractivity contribution >= 4 is 5.91 Å². The zero-order valence-corrected chi connectivity index (χ0v) is 12.5. The summed E-state index contributed by atoms with van der Waals surface area (Å²) < 4.78 is 10.8. The first-order chi connectivity index (χ1) is 10.2. The van der Waals surface area contributed by atoms with Crippen LogP contribution in [0.4, 0.5) is 0 Å². The minimum Gasteiger partial charge on any atom is -0.426 e. The first kappa shape index (κ1) is 14.5. The average molecular weight is 294 g/mol. The summed E-state index contributed by atoms with van der Waals surface area (Å²) >= 11 is 0. The Morgan fingerprint density at radius 3 is 2.71 bits per heavy atom. The molecule has 0 radical (unpaired) electrons. The second kappa shape index (κ2) is 6.53.